The van der Waals surface area contributed by atoms with Crippen molar-refractivity contribution < 1.29 is 37.9 Å². The number of phosphoric ester groups is 1. The molecule has 0 aromatic rings. The number of allylic oxidation sites excluding steroid dienone is 10. The number of unbranched alkanes of at least 4 members (excludes halogenated alkanes) is 13. The molecule has 0 saturated carbocycles. The quantitative estimate of drug-likeness (QED) is 0.0301. The van der Waals surface area contributed by atoms with Crippen LogP contribution >= 0.6 is 7.82 Å². The van der Waals surface area contributed by atoms with Crippen LogP contribution in [0.15, 0.2) is 60.8 Å². The van der Waals surface area contributed by atoms with Crippen LogP contribution in [-0.4, -0.2) is 41.0 Å². The molecule has 0 fully saturated rings. The molecule has 0 unspecified atom stereocenters. The van der Waals surface area contributed by atoms with Crippen molar-refractivity contribution in [1.82, 2.24) is 0 Å². The molecule has 0 amide bonds. The Kier molecular flexibility index (Phi) is 33.0. The minimum atomic E-state index is -4.77. The molecule has 0 spiro atoms. The Morgan fingerprint density at radius 1 is 0.542 bits per heavy atom. The Bertz CT molecular complexity index is 963. The van der Waals surface area contributed by atoms with Gasteiger partial charge >= 0.3 is 19.8 Å². The summed E-state index contributed by atoms with van der Waals surface area (Å²) in [6, 6.07) is 0. The average molecular weight is 695 g/mol. The fraction of sp³-hybridized carbons (Fsp3) is 0.692. The van der Waals surface area contributed by atoms with E-state index < -0.39 is 32.5 Å². The summed E-state index contributed by atoms with van der Waals surface area (Å²) in [4.78, 5) is 42.6. The van der Waals surface area contributed by atoms with Gasteiger partial charge in [0.2, 0.25) is 0 Å². The van der Waals surface area contributed by atoms with Gasteiger partial charge in [-0.25, -0.2) is 4.57 Å². The van der Waals surface area contributed by atoms with Crippen LogP contribution in [0, 0.1) is 0 Å². The van der Waals surface area contributed by atoms with Crippen LogP contribution in [0.2, 0.25) is 0 Å². The van der Waals surface area contributed by atoms with Gasteiger partial charge in [0.05, 0.1) is 6.61 Å². The standard InChI is InChI=1S/C39H67O8P/c1-3-5-7-9-11-13-15-16-17-18-19-20-21-22-24-26-28-30-32-34-39(41)47-37(36-46-48(42,43)44)35-45-38(40)33-31-29-27-25-23-14-12-10-8-6-4-2/h11,13,16-17,19-20,22,24,28,30,37H,3-10,12,14-15,18,21,23,25-27,29,31-36H2,1-2H3,(H2,42,43,44)/b13-11-,17-16-,20-19-,24-22-,30-28-/t37-/m1/s1. The van der Waals surface area contributed by atoms with E-state index in [2.05, 4.69) is 67.0 Å². The second-order valence-electron chi connectivity index (χ2n) is 12.2. The number of carbonyl (C=O) groups is 2. The molecule has 0 aliphatic carbocycles. The second kappa shape index (κ2) is 34.6. The van der Waals surface area contributed by atoms with Crippen molar-refractivity contribution in [3.05, 3.63) is 60.8 Å². The van der Waals surface area contributed by atoms with E-state index >= 15 is 0 Å². The summed E-state index contributed by atoms with van der Waals surface area (Å²) in [6.45, 7) is 3.56. The maximum absolute atomic E-state index is 12.3. The van der Waals surface area contributed by atoms with Crippen LogP contribution in [0.4, 0.5) is 0 Å². The van der Waals surface area contributed by atoms with Gasteiger partial charge in [-0.15, -0.1) is 0 Å². The van der Waals surface area contributed by atoms with Crippen LogP contribution in [0.3, 0.4) is 0 Å². The molecule has 0 heterocycles. The lowest BCUT2D eigenvalue weighted by Crippen LogP contribution is -2.29. The zero-order valence-electron chi connectivity index (χ0n) is 30.1. The van der Waals surface area contributed by atoms with Gasteiger partial charge in [0, 0.05) is 12.8 Å². The number of rotatable bonds is 33. The second-order valence-corrected chi connectivity index (χ2v) is 13.4. The van der Waals surface area contributed by atoms with Crippen LogP contribution in [0.1, 0.15) is 155 Å². The third-order valence-corrected chi connectivity index (χ3v) is 8.04. The molecule has 2 N–H and O–H groups in total. The first kappa shape index (κ1) is 45.8. The van der Waals surface area contributed by atoms with E-state index in [1.807, 2.05) is 12.2 Å². The normalized spacial score (nSPS) is 13.2. The monoisotopic (exact) mass is 694 g/mol. The van der Waals surface area contributed by atoms with E-state index in [4.69, 9.17) is 19.3 Å². The van der Waals surface area contributed by atoms with Crippen molar-refractivity contribution in [1.29, 1.82) is 0 Å². The number of esters is 2. The van der Waals surface area contributed by atoms with Gasteiger partial charge in [0.15, 0.2) is 6.10 Å². The van der Waals surface area contributed by atoms with Crippen molar-refractivity contribution in [3.8, 4) is 0 Å². The first-order valence-corrected chi connectivity index (χ1v) is 20.1. The highest BCUT2D eigenvalue weighted by molar-refractivity contribution is 7.46. The smallest absolute Gasteiger partial charge is 0.462 e. The van der Waals surface area contributed by atoms with Crippen molar-refractivity contribution in [2.45, 2.75) is 161 Å². The van der Waals surface area contributed by atoms with E-state index in [9.17, 15) is 14.2 Å². The minimum absolute atomic E-state index is 0.0875. The fourth-order valence-corrected chi connectivity index (χ4v) is 5.13. The largest absolute Gasteiger partial charge is 0.469 e. The molecule has 0 aromatic heterocycles. The maximum atomic E-state index is 12.3. The number of phosphoric acid groups is 1. The van der Waals surface area contributed by atoms with E-state index in [-0.39, 0.29) is 19.4 Å². The summed E-state index contributed by atoms with van der Waals surface area (Å²) in [5.74, 6) is -0.985. The highest BCUT2D eigenvalue weighted by Gasteiger charge is 2.22. The lowest BCUT2D eigenvalue weighted by Gasteiger charge is -2.18. The Morgan fingerprint density at radius 2 is 0.979 bits per heavy atom. The Labute approximate surface area is 292 Å². The summed E-state index contributed by atoms with van der Waals surface area (Å²) in [6.07, 6.45) is 42.4. The molecular formula is C39H67O8P. The lowest BCUT2D eigenvalue weighted by molar-refractivity contribution is -0.161. The Balaban J connectivity index is 4.13. The topological polar surface area (TPSA) is 119 Å². The average Bonchev–Trinajstić information content (AvgIpc) is 3.05. The van der Waals surface area contributed by atoms with Gasteiger partial charge in [-0.2, -0.15) is 0 Å². The summed E-state index contributed by atoms with van der Waals surface area (Å²) < 4.78 is 26.2. The molecule has 0 aromatic carbocycles. The molecule has 1 atom stereocenters. The van der Waals surface area contributed by atoms with Crippen molar-refractivity contribution in [2.75, 3.05) is 13.2 Å². The van der Waals surface area contributed by atoms with Gasteiger partial charge in [-0.05, 0) is 51.4 Å². The third-order valence-electron chi connectivity index (χ3n) is 7.55. The molecule has 48 heavy (non-hydrogen) atoms. The molecule has 276 valence electrons. The van der Waals surface area contributed by atoms with Gasteiger partial charge in [-0.1, -0.05) is 152 Å². The van der Waals surface area contributed by atoms with Gasteiger partial charge in [-0.3, -0.25) is 14.1 Å². The molecule has 0 rings (SSSR count). The number of hydrogen-bond donors (Lipinski definition) is 2. The number of ether oxygens (including phenoxy) is 2. The maximum Gasteiger partial charge on any atom is 0.469 e. The highest BCUT2D eigenvalue weighted by Crippen LogP contribution is 2.35. The molecule has 0 radical (unpaired) electrons. The zero-order chi connectivity index (χ0) is 35.4. The van der Waals surface area contributed by atoms with Crippen LogP contribution in [-0.2, 0) is 28.2 Å². The van der Waals surface area contributed by atoms with Gasteiger partial charge in [0.25, 0.3) is 0 Å². The molecule has 9 heteroatoms. The van der Waals surface area contributed by atoms with Crippen LogP contribution in [0.25, 0.3) is 0 Å². The van der Waals surface area contributed by atoms with Crippen molar-refractivity contribution in [3.63, 3.8) is 0 Å². The van der Waals surface area contributed by atoms with E-state index in [0.717, 1.165) is 38.5 Å². The molecule has 0 bridgehead atoms. The Hall–Kier alpha value is -2.25. The third kappa shape index (κ3) is 36.6. The van der Waals surface area contributed by atoms with Gasteiger partial charge in [0.1, 0.15) is 6.61 Å². The molecule has 0 aliphatic rings. The van der Waals surface area contributed by atoms with E-state index in [1.165, 1.54) is 77.0 Å². The predicted molar refractivity (Wildman–Crippen MR) is 197 cm³/mol. The molecule has 0 saturated heterocycles. The summed E-state index contributed by atoms with van der Waals surface area (Å²) in [5.41, 5.74) is 0. The fourth-order valence-electron chi connectivity index (χ4n) is 4.77. The van der Waals surface area contributed by atoms with Gasteiger partial charge < -0.3 is 19.3 Å². The minimum Gasteiger partial charge on any atom is -0.462 e. The first-order valence-electron chi connectivity index (χ1n) is 18.6. The zero-order valence-corrected chi connectivity index (χ0v) is 31.0. The van der Waals surface area contributed by atoms with E-state index in [1.54, 1.807) is 0 Å². The summed E-state index contributed by atoms with van der Waals surface area (Å²) >= 11 is 0. The van der Waals surface area contributed by atoms with E-state index in [0.29, 0.717) is 12.8 Å². The van der Waals surface area contributed by atoms with Crippen LogP contribution in [0.5, 0.6) is 0 Å². The SMILES string of the molecule is CCCCC/C=C\C/C=C\C/C=C\C/C=C\C/C=C\CCC(=O)O[C@H](COC(=O)CCCCCCCCCCCCC)COP(=O)(O)O. The van der Waals surface area contributed by atoms with Crippen molar-refractivity contribution >= 4 is 19.8 Å². The summed E-state index contributed by atoms with van der Waals surface area (Å²) in [5, 5.41) is 0. The molecular weight excluding hydrogens is 627 g/mol. The molecule has 8 nitrogen and oxygen atoms in total. The van der Waals surface area contributed by atoms with Crippen LogP contribution < -0.4 is 0 Å². The number of carbonyl (C=O) groups excluding carboxylic acids is 2. The summed E-state index contributed by atoms with van der Waals surface area (Å²) in [7, 11) is -4.77. The molecule has 0 aliphatic heterocycles. The highest BCUT2D eigenvalue weighted by atomic mass is 31.2. The Morgan fingerprint density at radius 3 is 1.48 bits per heavy atom. The predicted octanol–water partition coefficient (Wildman–Crippen LogP) is 11.0. The lowest BCUT2D eigenvalue weighted by atomic mass is 10.1. The number of hydrogen-bond acceptors (Lipinski definition) is 6. The first-order chi connectivity index (χ1) is 23.3. The van der Waals surface area contributed by atoms with Crippen molar-refractivity contribution in [2.24, 2.45) is 0 Å².